The predicted octanol–water partition coefficient (Wildman–Crippen LogP) is 2.31. The Kier molecular flexibility index (Phi) is 4.76. The molecule has 3 N–H and O–H groups in total. The van der Waals surface area contributed by atoms with Crippen LogP contribution in [-0.2, 0) is 9.53 Å². The molecular weight excluding hydrogens is 324 g/mol. The SMILES string of the molecule is NC(=O)[C@@H](CS)NC(=O)OCC1c2ccccc2-c2ccccc21. The van der Waals surface area contributed by atoms with E-state index in [0.29, 0.717) is 0 Å². The van der Waals surface area contributed by atoms with Crippen LogP contribution in [0.3, 0.4) is 0 Å². The number of carbonyl (C=O) groups excluding carboxylic acids is 2. The van der Waals surface area contributed by atoms with Gasteiger partial charge in [-0.3, -0.25) is 4.79 Å². The number of rotatable bonds is 5. The summed E-state index contributed by atoms with van der Waals surface area (Å²) in [5, 5.41) is 2.43. The maximum absolute atomic E-state index is 11.9. The first-order chi connectivity index (χ1) is 11.6. The van der Waals surface area contributed by atoms with Gasteiger partial charge in [-0.1, -0.05) is 48.5 Å². The van der Waals surface area contributed by atoms with Gasteiger partial charge in [0.25, 0.3) is 0 Å². The van der Waals surface area contributed by atoms with Gasteiger partial charge in [-0.2, -0.15) is 12.6 Å². The van der Waals surface area contributed by atoms with E-state index in [1.54, 1.807) is 0 Å². The smallest absolute Gasteiger partial charge is 0.407 e. The number of carbonyl (C=O) groups is 2. The van der Waals surface area contributed by atoms with E-state index in [2.05, 4.69) is 30.1 Å². The van der Waals surface area contributed by atoms with E-state index in [1.807, 2.05) is 36.4 Å². The highest BCUT2D eigenvalue weighted by Crippen LogP contribution is 2.44. The van der Waals surface area contributed by atoms with Crippen LogP contribution in [0.25, 0.3) is 11.1 Å². The number of amides is 2. The molecule has 2 aromatic carbocycles. The van der Waals surface area contributed by atoms with E-state index in [1.165, 1.54) is 0 Å². The zero-order chi connectivity index (χ0) is 17.1. The Bertz CT molecular complexity index is 733. The van der Waals surface area contributed by atoms with Gasteiger partial charge in [0.1, 0.15) is 12.6 Å². The second-order valence-electron chi connectivity index (χ2n) is 5.61. The lowest BCUT2D eigenvalue weighted by Crippen LogP contribution is -2.46. The number of primary amides is 1. The van der Waals surface area contributed by atoms with Gasteiger partial charge in [-0.15, -0.1) is 0 Å². The van der Waals surface area contributed by atoms with Crippen LogP contribution >= 0.6 is 12.6 Å². The predicted molar refractivity (Wildman–Crippen MR) is 95.0 cm³/mol. The highest BCUT2D eigenvalue weighted by Gasteiger charge is 2.29. The van der Waals surface area contributed by atoms with Gasteiger partial charge in [-0.05, 0) is 22.3 Å². The van der Waals surface area contributed by atoms with Crippen molar-refractivity contribution in [3.8, 4) is 11.1 Å². The van der Waals surface area contributed by atoms with Crippen molar-refractivity contribution in [2.24, 2.45) is 5.73 Å². The van der Waals surface area contributed by atoms with Gasteiger partial charge in [-0.25, -0.2) is 4.79 Å². The van der Waals surface area contributed by atoms with Crippen LogP contribution in [0.1, 0.15) is 17.0 Å². The van der Waals surface area contributed by atoms with Crippen LogP contribution in [0.5, 0.6) is 0 Å². The van der Waals surface area contributed by atoms with Gasteiger partial charge in [0.15, 0.2) is 0 Å². The highest BCUT2D eigenvalue weighted by atomic mass is 32.1. The standard InChI is InChI=1S/C18H18N2O3S/c19-17(21)16(10-24)20-18(22)23-9-15-13-7-3-1-5-11(13)12-6-2-4-8-14(12)15/h1-8,15-16,24H,9-10H2,(H2,19,21)(H,20,22)/t16-/m1/s1. The van der Waals surface area contributed by atoms with E-state index >= 15 is 0 Å². The molecule has 0 aromatic heterocycles. The fourth-order valence-corrected chi connectivity index (χ4v) is 3.26. The van der Waals surface area contributed by atoms with Gasteiger partial charge in [0.2, 0.25) is 5.91 Å². The molecule has 0 bridgehead atoms. The Labute approximate surface area is 145 Å². The molecular formula is C18H18N2O3S. The van der Waals surface area contributed by atoms with Crippen LogP contribution in [0.15, 0.2) is 48.5 Å². The molecule has 0 saturated carbocycles. The van der Waals surface area contributed by atoms with Crippen molar-refractivity contribution in [3.05, 3.63) is 59.7 Å². The van der Waals surface area contributed by atoms with E-state index in [9.17, 15) is 9.59 Å². The largest absolute Gasteiger partial charge is 0.449 e. The molecule has 0 heterocycles. The van der Waals surface area contributed by atoms with Gasteiger partial charge >= 0.3 is 6.09 Å². The average Bonchev–Trinajstić information content (AvgIpc) is 2.91. The molecule has 0 unspecified atom stereocenters. The number of thiol groups is 1. The van der Waals surface area contributed by atoms with Crippen molar-refractivity contribution >= 4 is 24.6 Å². The van der Waals surface area contributed by atoms with Crippen LogP contribution in [0.2, 0.25) is 0 Å². The minimum absolute atomic E-state index is 0.0221. The molecule has 3 rings (SSSR count). The van der Waals surface area contributed by atoms with Crippen LogP contribution < -0.4 is 11.1 Å². The highest BCUT2D eigenvalue weighted by molar-refractivity contribution is 7.80. The molecule has 24 heavy (non-hydrogen) atoms. The Morgan fingerprint density at radius 3 is 2.12 bits per heavy atom. The number of ether oxygens (including phenoxy) is 1. The summed E-state index contributed by atoms with van der Waals surface area (Å²) < 4.78 is 5.33. The maximum atomic E-state index is 11.9. The van der Waals surface area contributed by atoms with Gasteiger partial charge in [0.05, 0.1) is 0 Å². The number of hydrogen-bond acceptors (Lipinski definition) is 4. The number of nitrogens with one attached hydrogen (secondary N) is 1. The molecule has 0 saturated heterocycles. The van der Waals surface area contributed by atoms with Crippen LogP contribution in [-0.4, -0.2) is 30.4 Å². The fourth-order valence-electron chi connectivity index (χ4n) is 2.99. The Balaban J connectivity index is 1.74. The van der Waals surface area contributed by atoms with Crippen LogP contribution in [0.4, 0.5) is 4.79 Å². The minimum Gasteiger partial charge on any atom is -0.449 e. The number of nitrogens with two attached hydrogens (primary N) is 1. The molecule has 2 amide bonds. The number of fused-ring (bicyclic) bond motifs is 3. The number of alkyl carbamates (subject to hydrolysis) is 1. The summed E-state index contributed by atoms with van der Waals surface area (Å²) in [6, 6.07) is 15.3. The van der Waals surface area contributed by atoms with Gasteiger partial charge in [0, 0.05) is 11.7 Å². The lowest BCUT2D eigenvalue weighted by molar-refractivity contribution is -0.119. The number of hydrogen-bond donors (Lipinski definition) is 3. The monoisotopic (exact) mass is 342 g/mol. The van der Waals surface area contributed by atoms with Crippen LogP contribution in [0, 0.1) is 0 Å². The van der Waals surface area contributed by atoms with Crippen molar-refractivity contribution in [2.45, 2.75) is 12.0 Å². The van der Waals surface area contributed by atoms with Gasteiger partial charge < -0.3 is 15.8 Å². The maximum Gasteiger partial charge on any atom is 0.407 e. The lowest BCUT2D eigenvalue weighted by Gasteiger charge is -2.16. The molecule has 5 nitrogen and oxygen atoms in total. The molecule has 124 valence electrons. The second-order valence-corrected chi connectivity index (χ2v) is 5.97. The third-order valence-electron chi connectivity index (χ3n) is 4.16. The lowest BCUT2D eigenvalue weighted by atomic mass is 9.98. The Morgan fingerprint density at radius 2 is 1.62 bits per heavy atom. The van der Waals surface area contributed by atoms with Crippen molar-refractivity contribution in [1.82, 2.24) is 5.32 Å². The summed E-state index contributed by atoms with van der Waals surface area (Å²) in [5.41, 5.74) is 9.76. The fraction of sp³-hybridized carbons (Fsp3) is 0.222. The first-order valence-electron chi connectivity index (χ1n) is 7.63. The molecule has 1 aliphatic carbocycles. The van der Waals surface area contributed by atoms with Crippen molar-refractivity contribution < 1.29 is 14.3 Å². The average molecular weight is 342 g/mol. The molecule has 0 fully saturated rings. The third kappa shape index (κ3) is 3.10. The molecule has 1 atom stereocenters. The van der Waals surface area contributed by atoms with E-state index in [4.69, 9.17) is 10.5 Å². The third-order valence-corrected chi connectivity index (χ3v) is 4.53. The molecule has 1 aliphatic rings. The van der Waals surface area contributed by atoms with E-state index in [0.717, 1.165) is 22.3 Å². The van der Waals surface area contributed by atoms with E-state index < -0.39 is 18.0 Å². The van der Waals surface area contributed by atoms with E-state index in [-0.39, 0.29) is 18.3 Å². The quantitative estimate of drug-likeness (QED) is 0.729. The first kappa shape index (κ1) is 16.4. The summed E-state index contributed by atoms with van der Waals surface area (Å²) in [6.45, 7) is 0.192. The van der Waals surface area contributed by atoms with Crippen molar-refractivity contribution in [1.29, 1.82) is 0 Å². The normalized spacial score (nSPS) is 13.7. The number of benzene rings is 2. The molecule has 0 spiro atoms. The summed E-state index contributed by atoms with van der Waals surface area (Å²) in [6.07, 6.45) is -0.672. The summed E-state index contributed by atoms with van der Waals surface area (Å²) >= 11 is 3.99. The zero-order valence-electron chi connectivity index (χ0n) is 12.9. The zero-order valence-corrected chi connectivity index (χ0v) is 13.8. The Morgan fingerprint density at radius 1 is 1.08 bits per heavy atom. The molecule has 2 aromatic rings. The molecule has 0 radical (unpaired) electrons. The minimum atomic E-state index is -0.844. The molecule has 0 aliphatic heterocycles. The van der Waals surface area contributed by atoms with Crippen molar-refractivity contribution in [3.63, 3.8) is 0 Å². The molecule has 6 heteroatoms. The second kappa shape index (κ2) is 6.97. The Hall–Kier alpha value is -2.47. The summed E-state index contributed by atoms with van der Waals surface area (Å²) in [4.78, 5) is 23.1. The topological polar surface area (TPSA) is 81.4 Å². The first-order valence-corrected chi connectivity index (χ1v) is 8.26. The summed E-state index contributed by atoms with van der Waals surface area (Å²) in [7, 11) is 0. The van der Waals surface area contributed by atoms with Crippen molar-refractivity contribution in [2.75, 3.05) is 12.4 Å². The summed E-state index contributed by atoms with van der Waals surface area (Å²) in [5.74, 6) is -0.538.